The van der Waals surface area contributed by atoms with Crippen LogP contribution in [0.3, 0.4) is 0 Å². The number of amides is 1. The number of hydrogen-bond acceptors (Lipinski definition) is 3. The third-order valence-electron chi connectivity index (χ3n) is 4.07. The zero-order valence-corrected chi connectivity index (χ0v) is 16.2. The molecule has 2 rings (SSSR count). The standard InChI is InChI=1S/C16H23Cl2N5O/c1-9(23-13(5)16(18)11(3)21-23)8-14(24)19-6-7-22-12(4)15(17)10(2)20-22/h9H,6-8H2,1-5H3,(H,19,24). The molecule has 1 N–H and O–H groups in total. The van der Waals surface area contributed by atoms with E-state index in [1.165, 1.54) is 0 Å². The summed E-state index contributed by atoms with van der Waals surface area (Å²) in [5.74, 6) is -0.0289. The van der Waals surface area contributed by atoms with Gasteiger partial charge in [-0.05, 0) is 34.6 Å². The van der Waals surface area contributed by atoms with E-state index in [0.29, 0.717) is 29.6 Å². The molecule has 0 aliphatic heterocycles. The van der Waals surface area contributed by atoms with Crippen molar-refractivity contribution in [1.82, 2.24) is 24.9 Å². The normalized spacial score (nSPS) is 12.5. The Hall–Kier alpha value is -1.53. The predicted octanol–water partition coefficient (Wildman–Crippen LogP) is 3.39. The highest BCUT2D eigenvalue weighted by atomic mass is 35.5. The van der Waals surface area contributed by atoms with Gasteiger partial charge in [0.05, 0.1) is 45.4 Å². The molecule has 0 aromatic carbocycles. The highest BCUT2D eigenvalue weighted by molar-refractivity contribution is 6.32. The third-order valence-corrected chi connectivity index (χ3v) is 5.17. The molecule has 0 aliphatic rings. The molecule has 0 bridgehead atoms. The molecule has 6 nitrogen and oxygen atoms in total. The van der Waals surface area contributed by atoms with Crippen molar-refractivity contribution in [3.8, 4) is 0 Å². The summed E-state index contributed by atoms with van der Waals surface area (Å²) in [7, 11) is 0. The van der Waals surface area contributed by atoms with Gasteiger partial charge in [0.2, 0.25) is 5.91 Å². The SMILES string of the molecule is Cc1nn(CCNC(=O)CC(C)n2nc(C)c(Cl)c2C)c(C)c1Cl. The van der Waals surface area contributed by atoms with E-state index in [-0.39, 0.29) is 11.9 Å². The molecule has 1 amide bonds. The van der Waals surface area contributed by atoms with Gasteiger partial charge in [0.1, 0.15) is 0 Å². The van der Waals surface area contributed by atoms with E-state index in [9.17, 15) is 4.79 Å². The zero-order chi connectivity index (χ0) is 18.0. The van der Waals surface area contributed by atoms with Crippen LogP contribution in [-0.2, 0) is 11.3 Å². The van der Waals surface area contributed by atoms with Crippen LogP contribution in [0, 0.1) is 27.7 Å². The number of halogens is 2. The first-order valence-corrected chi connectivity index (χ1v) is 8.65. The topological polar surface area (TPSA) is 64.7 Å². The number of nitrogens with one attached hydrogen (secondary N) is 1. The summed E-state index contributed by atoms with van der Waals surface area (Å²) in [6.07, 6.45) is 0.343. The summed E-state index contributed by atoms with van der Waals surface area (Å²) in [5, 5.41) is 13.0. The Labute approximate surface area is 152 Å². The molecule has 24 heavy (non-hydrogen) atoms. The first-order valence-electron chi connectivity index (χ1n) is 7.89. The third kappa shape index (κ3) is 3.92. The van der Waals surface area contributed by atoms with Crippen molar-refractivity contribution in [3.63, 3.8) is 0 Å². The average molecular weight is 372 g/mol. The molecular weight excluding hydrogens is 349 g/mol. The van der Waals surface area contributed by atoms with Gasteiger partial charge in [-0.15, -0.1) is 0 Å². The van der Waals surface area contributed by atoms with Crippen LogP contribution in [0.4, 0.5) is 0 Å². The van der Waals surface area contributed by atoms with Crippen molar-refractivity contribution in [3.05, 3.63) is 32.8 Å². The smallest absolute Gasteiger partial charge is 0.222 e. The largest absolute Gasteiger partial charge is 0.354 e. The van der Waals surface area contributed by atoms with E-state index in [4.69, 9.17) is 23.2 Å². The van der Waals surface area contributed by atoms with Crippen molar-refractivity contribution in [2.24, 2.45) is 0 Å². The molecule has 0 aliphatic carbocycles. The van der Waals surface area contributed by atoms with E-state index in [2.05, 4.69) is 15.5 Å². The van der Waals surface area contributed by atoms with Gasteiger partial charge in [0.25, 0.3) is 0 Å². The molecule has 0 fully saturated rings. The van der Waals surface area contributed by atoms with E-state index < -0.39 is 0 Å². The fourth-order valence-electron chi connectivity index (χ4n) is 2.69. The number of aromatic nitrogens is 4. The lowest BCUT2D eigenvalue weighted by Gasteiger charge is -2.14. The summed E-state index contributed by atoms with van der Waals surface area (Å²) in [6.45, 7) is 10.6. The summed E-state index contributed by atoms with van der Waals surface area (Å²) in [5.41, 5.74) is 3.37. The van der Waals surface area contributed by atoms with Gasteiger partial charge in [0, 0.05) is 13.0 Å². The number of hydrogen-bond donors (Lipinski definition) is 1. The number of nitrogens with zero attached hydrogens (tertiary/aromatic N) is 4. The molecule has 1 atom stereocenters. The highest BCUT2D eigenvalue weighted by Crippen LogP contribution is 2.23. The maximum Gasteiger partial charge on any atom is 0.222 e. The maximum absolute atomic E-state index is 12.1. The van der Waals surface area contributed by atoms with Crippen molar-refractivity contribution in [2.45, 2.75) is 53.6 Å². The van der Waals surface area contributed by atoms with Gasteiger partial charge in [0.15, 0.2) is 0 Å². The Morgan fingerprint density at radius 1 is 1.08 bits per heavy atom. The first-order chi connectivity index (χ1) is 11.2. The van der Waals surface area contributed by atoms with E-state index in [0.717, 1.165) is 22.8 Å². The number of aryl methyl sites for hydroxylation is 2. The number of carbonyl (C=O) groups is 1. The van der Waals surface area contributed by atoms with Crippen LogP contribution in [-0.4, -0.2) is 32.0 Å². The van der Waals surface area contributed by atoms with Crippen LogP contribution in [0.2, 0.25) is 10.0 Å². The molecule has 2 heterocycles. The second-order valence-electron chi connectivity index (χ2n) is 6.04. The first kappa shape index (κ1) is 18.8. The van der Waals surface area contributed by atoms with Gasteiger partial charge < -0.3 is 5.32 Å². The molecular formula is C16H23Cl2N5O. The van der Waals surface area contributed by atoms with Crippen LogP contribution in [0.5, 0.6) is 0 Å². The predicted molar refractivity (Wildman–Crippen MR) is 95.8 cm³/mol. The molecule has 0 saturated heterocycles. The van der Waals surface area contributed by atoms with Crippen molar-refractivity contribution >= 4 is 29.1 Å². The van der Waals surface area contributed by atoms with Crippen molar-refractivity contribution in [1.29, 1.82) is 0 Å². The second-order valence-corrected chi connectivity index (χ2v) is 6.80. The minimum Gasteiger partial charge on any atom is -0.354 e. The Bertz CT molecular complexity index is 750. The Morgan fingerprint density at radius 2 is 1.67 bits per heavy atom. The quantitative estimate of drug-likeness (QED) is 0.846. The van der Waals surface area contributed by atoms with Crippen molar-refractivity contribution in [2.75, 3.05) is 6.54 Å². The number of rotatable bonds is 6. The van der Waals surface area contributed by atoms with Gasteiger partial charge in [-0.2, -0.15) is 10.2 Å². The minimum atomic E-state index is -0.0562. The zero-order valence-electron chi connectivity index (χ0n) is 14.7. The minimum absolute atomic E-state index is 0.0289. The molecule has 0 radical (unpaired) electrons. The van der Waals surface area contributed by atoms with Crippen LogP contribution in [0.1, 0.15) is 42.2 Å². The van der Waals surface area contributed by atoms with E-state index >= 15 is 0 Å². The number of carbonyl (C=O) groups excluding carboxylic acids is 1. The van der Waals surface area contributed by atoms with Crippen LogP contribution in [0.25, 0.3) is 0 Å². The maximum atomic E-state index is 12.1. The van der Waals surface area contributed by atoms with Crippen LogP contribution < -0.4 is 5.32 Å². The summed E-state index contributed by atoms with van der Waals surface area (Å²) < 4.78 is 3.61. The van der Waals surface area contributed by atoms with Gasteiger partial charge in [-0.3, -0.25) is 14.2 Å². The molecule has 8 heteroatoms. The summed E-state index contributed by atoms with van der Waals surface area (Å²) in [6, 6.07) is -0.0562. The Balaban J connectivity index is 1.86. The lowest BCUT2D eigenvalue weighted by atomic mass is 10.2. The molecule has 1 unspecified atom stereocenters. The fourth-order valence-corrected chi connectivity index (χ4v) is 2.95. The summed E-state index contributed by atoms with van der Waals surface area (Å²) in [4.78, 5) is 12.1. The monoisotopic (exact) mass is 371 g/mol. The van der Waals surface area contributed by atoms with Crippen molar-refractivity contribution < 1.29 is 4.79 Å². The molecule has 132 valence electrons. The molecule has 2 aromatic heterocycles. The average Bonchev–Trinajstić information content (AvgIpc) is 2.92. The van der Waals surface area contributed by atoms with E-state index in [1.54, 1.807) is 4.68 Å². The second kappa shape index (κ2) is 7.57. The van der Waals surface area contributed by atoms with E-state index in [1.807, 2.05) is 39.3 Å². The molecule has 2 aromatic rings. The van der Waals surface area contributed by atoms with Gasteiger partial charge >= 0.3 is 0 Å². The highest BCUT2D eigenvalue weighted by Gasteiger charge is 2.17. The lowest BCUT2D eigenvalue weighted by molar-refractivity contribution is -0.121. The summed E-state index contributed by atoms with van der Waals surface area (Å²) >= 11 is 12.3. The Kier molecular flexibility index (Phi) is 5.93. The van der Waals surface area contributed by atoms with Gasteiger partial charge in [-0.1, -0.05) is 23.2 Å². The van der Waals surface area contributed by atoms with Crippen LogP contribution >= 0.6 is 23.2 Å². The van der Waals surface area contributed by atoms with Crippen LogP contribution in [0.15, 0.2) is 0 Å². The fraction of sp³-hybridized carbons (Fsp3) is 0.562. The lowest BCUT2D eigenvalue weighted by Crippen LogP contribution is -2.29. The van der Waals surface area contributed by atoms with Gasteiger partial charge in [-0.25, -0.2) is 0 Å². The Morgan fingerprint density at radius 3 is 2.17 bits per heavy atom. The molecule has 0 saturated carbocycles. The molecule has 0 spiro atoms.